The molecule has 3 N–H and O–H groups in total. The molecule has 4 nitrogen and oxygen atoms in total. The molecule has 0 aromatic heterocycles. The summed E-state index contributed by atoms with van der Waals surface area (Å²) in [7, 11) is 1.61. The molecule has 2 amide bonds. The molecule has 0 heterocycles. The maximum Gasteiger partial charge on any atom is 0.318 e. The molecular formula is C13H21N3O. The lowest BCUT2D eigenvalue weighted by Crippen LogP contribution is -2.26. The average Bonchev–Trinajstić information content (AvgIpc) is 2.36. The molecule has 0 aliphatic carbocycles. The van der Waals surface area contributed by atoms with E-state index < -0.39 is 0 Å². The minimum atomic E-state index is -0.194. The van der Waals surface area contributed by atoms with Crippen LogP contribution in [0.3, 0.4) is 0 Å². The second kappa shape index (κ2) is 6.91. The van der Waals surface area contributed by atoms with Gasteiger partial charge in [0.15, 0.2) is 0 Å². The molecule has 0 saturated carbocycles. The van der Waals surface area contributed by atoms with E-state index in [4.69, 9.17) is 0 Å². The Bertz CT molecular complexity index is 365. The molecule has 94 valence electrons. The van der Waals surface area contributed by atoms with E-state index in [0.717, 1.165) is 24.2 Å². The van der Waals surface area contributed by atoms with E-state index in [1.54, 1.807) is 7.05 Å². The molecule has 0 radical (unpaired) electrons. The Morgan fingerprint density at radius 1 is 1.35 bits per heavy atom. The zero-order valence-corrected chi connectivity index (χ0v) is 10.7. The molecule has 0 aliphatic heterocycles. The number of urea groups is 1. The van der Waals surface area contributed by atoms with E-state index >= 15 is 0 Å². The number of rotatable bonds is 5. The van der Waals surface area contributed by atoms with Crippen LogP contribution >= 0.6 is 0 Å². The summed E-state index contributed by atoms with van der Waals surface area (Å²) in [6.07, 6.45) is 1.09. The molecule has 1 aromatic carbocycles. The highest BCUT2D eigenvalue weighted by Crippen LogP contribution is 2.22. The van der Waals surface area contributed by atoms with Crippen molar-refractivity contribution in [1.82, 2.24) is 10.6 Å². The average molecular weight is 235 g/mol. The normalized spacial score (nSPS) is 11.9. The maximum absolute atomic E-state index is 11.3. The third-order valence-electron chi connectivity index (χ3n) is 2.60. The van der Waals surface area contributed by atoms with Gasteiger partial charge in [0.25, 0.3) is 0 Å². The van der Waals surface area contributed by atoms with Crippen LogP contribution < -0.4 is 16.0 Å². The Labute approximate surface area is 103 Å². The molecule has 0 aliphatic rings. The van der Waals surface area contributed by atoms with Gasteiger partial charge in [-0.3, -0.25) is 0 Å². The molecule has 1 unspecified atom stereocenters. The maximum atomic E-state index is 11.3. The van der Waals surface area contributed by atoms with Crippen LogP contribution in [-0.2, 0) is 0 Å². The number of carbonyl (C=O) groups is 1. The van der Waals surface area contributed by atoms with Crippen molar-refractivity contribution in [3.05, 3.63) is 29.8 Å². The number of hydrogen-bond donors (Lipinski definition) is 3. The van der Waals surface area contributed by atoms with Crippen LogP contribution in [0, 0.1) is 0 Å². The number of carbonyl (C=O) groups excluding carboxylic acids is 1. The van der Waals surface area contributed by atoms with E-state index in [1.165, 1.54) is 0 Å². The van der Waals surface area contributed by atoms with E-state index in [0.29, 0.717) is 0 Å². The first-order chi connectivity index (χ1) is 8.19. The number of amides is 2. The highest BCUT2D eigenvalue weighted by molar-refractivity contribution is 5.89. The van der Waals surface area contributed by atoms with Crippen LogP contribution in [-0.4, -0.2) is 19.6 Å². The summed E-state index contributed by atoms with van der Waals surface area (Å²) in [4.78, 5) is 11.3. The molecule has 1 rings (SSSR count). The van der Waals surface area contributed by atoms with E-state index in [9.17, 15) is 4.79 Å². The monoisotopic (exact) mass is 235 g/mol. The Hall–Kier alpha value is -1.55. The van der Waals surface area contributed by atoms with Gasteiger partial charge in [0.05, 0.1) is 0 Å². The van der Waals surface area contributed by atoms with Crippen molar-refractivity contribution in [2.45, 2.75) is 26.3 Å². The molecule has 0 bridgehead atoms. The van der Waals surface area contributed by atoms with Gasteiger partial charge in [0.2, 0.25) is 0 Å². The fraction of sp³-hybridized carbons (Fsp3) is 0.462. The first kappa shape index (κ1) is 13.5. The minimum absolute atomic E-state index is 0.194. The summed E-state index contributed by atoms with van der Waals surface area (Å²) >= 11 is 0. The van der Waals surface area contributed by atoms with Gasteiger partial charge >= 0.3 is 6.03 Å². The molecule has 0 saturated heterocycles. The Kier molecular flexibility index (Phi) is 5.49. The van der Waals surface area contributed by atoms with Gasteiger partial charge in [0.1, 0.15) is 0 Å². The quantitative estimate of drug-likeness (QED) is 0.734. The van der Waals surface area contributed by atoms with Gasteiger partial charge in [-0.1, -0.05) is 25.1 Å². The van der Waals surface area contributed by atoms with E-state index in [2.05, 4.69) is 29.8 Å². The highest BCUT2D eigenvalue weighted by atomic mass is 16.2. The van der Waals surface area contributed by atoms with Crippen LogP contribution in [0.4, 0.5) is 10.5 Å². The molecule has 4 heteroatoms. The summed E-state index contributed by atoms with van der Waals surface area (Å²) < 4.78 is 0. The lowest BCUT2D eigenvalue weighted by atomic mass is 10.1. The second-order valence-electron chi connectivity index (χ2n) is 3.97. The predicted molar refractivity (Wildman–Crippen MR) is 71.2 cm³/mol. The Morgan fingerprint density at radius 3 is 2.71 bits per heavy atom. The fourth-order valence-corrected chi connectivity index (χ4v) is 1.64. The molecule has 17 heavy (non-hydrogen) atoms. The zero-order valence-electron chi connectivity index (χ0n) is 10.7. The third-order valence-corrected chi connectivity index (χ3v) is 2.60. The lowest BCUT2D eigenvalue weighted by Gasteiger charge is -2.18. The fourth-order valence-electron chi connectivity index (χ4n) is 1.64. The van der Waals surface area contributed by atoms with Crippen molar-refractivity contribution in [1.29, 1.82) is 0 Å². The minimum Gasteiger partial charge on any atom is -0.341 e. The predicted octanol–water partition coefficient (Wildman–Crippen LogP) is 2.50. The van der Waals surface area contributed by atoms with Gasteiger partial charge in [-0.2, -0.15) is 0 Å². The topological polar surface area (TPSA) is 53.2 Å². The van der Waals surface area contributed by atoms with Crippen LogP contribution in [0.5, 0.6) is 0 Å². The molecule has 0 fully saturated rings. The largest absolute Gasteiger partial charge is 0.341 e. The lowest BCUT2D eigenvalue weighted by molar-refractivity contribution is 0.254. The first-order valence-corrected chi connectivity index (χ1v) is 6.00. The summed E-state index contributed by atoms with van der Waals surface area (Å²) in [5, 5.41) is 8.79. The van der Waals surface area contributed by atoms with Crippen molar-refractivity contribution < 1.29 is 4.79 Å². The van der Waals surface area contributed by atoms with Gasteiger partial charge in [-0.05, 0) is 31.5 Å². The smallest absolute Gasteiger partial charge is 0.318 e. The molecular weight excluding hydrogens is 214 g/mol. The van der Waals surface area contributed by atoms with E-state index in [1.807, 2.05) is 24.3 Å². The summed E-state index contributed by atoms with van der Waals surface area (Å²) in [6.45, 7) is 5.20. The van der Waals surface area contributed by atoms with Crippen molar-refractivity contribution >= 4 is 11.7 Å². The van der Waals surface area contributed by atoms with Crippen LogP contribution in [0.25, 0.3) is 0 Å². The number of nitrogens with one attached hydrogen (secondary N) is 3. The Balaban J connectivity index is 2.79. The zero-order chi connectivity index (χ0) is 12.7. The van der Waals surface area contributed by atoms with Crippen molar-refractivity contribution in [3.63, 3.8) is 0 Å². The van der Waals surface area contributed by atoms with Crippen LogP contribution in [0.15, 0.2) is 24.3 Å². The summed E-state index contributed by atoms with van der Waals surface area (Å²) in [5.74, 6) is 0. The van der Waals surface area contributed by atoms with Gasteiger partial charge in [-0.25, -0.2) is 4.79 Å². The van der Waals surface area contributed by atoms with Crippen molar-refractivity contribution in [3.8, 4) is 0 Å². The molecule has 1 aromatic rings. The SMILES string of the molecule is CCCNC(C)c1ccccc1NC(=O)NC. The van der Waals surface area contributed by atoms with E-state index in [-0.39, 0.29) is 12.1 Å². The number of anilines is 1. The standard InChI is InChI=1S/C13H21N3O/c1-4-9-15-10(2)11-7-5-6-8-12(11)16-13(17)14-3/h5-8,10,15H,4,9H2,1-3H3,(H2,14,16,17). The Morgan fingerprint density at radius 2 is 2.06 bits per heavy atom. The molecule has 1 atom stereocenters. The van der Waals surface area contributed by atoms with Crippen molar-refractivity contribution in [2.24, 2.45) is 0 Å². The highest BCUT2D eigenvalue weighted by Gasteiger charge is 2.10. The van der Waals surface area contributed by atoms with Crippen molar-refractivity contribution in [2.75, 3.05) is 18.9 Å². The second-order valence-corrected chi connectivity index (χ2v) is 3.97. The third kappa shape index (κ3) is 4.07. The van der Waals surface area contributed by atoms with Crippen LogP contribution in [0.2, 0.25) is 0 Å². The number of hydrogen-bond acceptors (Lipinski definition) is 2. The van der Waals surface area contributed by atoms with Gasteiger partial charge < -0.3 is 16.0 Å². The van der Waals surface area contributed by atoms with Crippen LogP contribution in [0.1, 0.15) is 31.9 Å². The first-order valence-electron chi connectivity index (χ1n) is 6.00. The number of benzene rings is 1. The molecule has 0 spiro atoms. The summed E-state index contributed by atoms with van der Waals surface area (Å²) in [6, 6.07) is 7.87. The van der Waals surface area contributed by atoms with Gasteiger partial charge in [0, 0.05) is 18.8 Å². The summed E-state index contributed by atoms with van der Waals surface area (Å²) in [5.41, 5.74) is 1.95. The number of para-hydroxylation sites is 1. The van der Waals surface area contributed by atoms with Gasteiger partial charge in [-0.15, -0.1) is 0 Å².